The Hall–Kier alpha value is -3.33. The second-order valence-corrected chi connectivity index (χ2v) is 8.66. The molecule has 1 N–H and O–H groups in total. The van der Waals surface area contributed by atoms with E-state index in [-0.39, 0.29) is 23.7 Å². The molecule has 172 valence electrons. The maximum Gasteiger partial charge on any atom is 0.251 e. The van der Waals surface area contributed by atoms with Gasteiger partial charge in [0.15, 0.2) is 5.16 Å². The highest BCUT2D eigenvalue weighted by Gasteiger charge is 2.22. The van der Waals surface area contributed by atoms with Gasteiger partial charge >= 0.3 is 0 Å². The highest BCUT2D eigenvalue weighted by Crippen LogP contribution is 2.21. The Bertz CT molecular complexity index is 1140. The number of anilines is 1. The maximum atomic E-state index is 13.1. The molecule has 1 fully saturated rings. The van der Waals surface area contributed by atoms with Gasteiger partial charge in [-0.25, -0.2) is 9.37 Å². The Morgan fingerprint density at radius 1 is 1.09 bits per heavy atom. The van der Waals surface area contributed by atoms with Crippen LogP contribution < -0.4 is 15.2 Å². The number of hydrogen-bond donors (Lipinski definition) is 1. The molecule has 3 aromatic rings. The van der Waals surface area contributed by atoms with Crippen LogP contribution in [0.4, 0.5) is 10.1 Å². The number of thioether (sulfide) groups is 1. The first-order valence-electron chi connectivity index (χ1n) is 10.6. The fourth-order valence-corrected chi connectivity index (χ4v) is 4.50. The van der Waals surface area contributed by atoms with Gasteiger partial charge in [-0.1, -0.05) is 23.9 Å². The van der Waals surface area contributed by atoms with Crippen LogP contribution in [-0.2, 0) is 17.0 Å². The molecule has 1 aliphatic rings. The summed E-state index contributed by atoms with van der Waals surface area (Å²) < 4.78 is 18.3. The molecule has 1 amide bonds. The van der Waals surface area contributed by atoms with E-state index < -0.39 is 0 Å². The Morgan fingerprint density at radius 2 is 1.79 bits per heavy atom. The summed E-state index contributed by atoms with van der Waals surface area (Å²) in [5.41, 5.74) is 2.17. The van der Waals surface area contributed by atoms with Gasteiger partial charge in [-0.05, 0) is 42.0 Å². The predicted molar refractivity (Wildman–Crippen MR) is 126 cm³/mol. The molecule has 0 aliphatic carbocycles. The number of ether oxygens (including phenoxy) is 1. The minimum atomic E-state index is -0.293. The molecule has 9 heteroatoms. The van der Waals surface area contributed by atoms with Crippen molar-refractivity contribution in [1.82, 2.24) is 14.9 Å². The number of nitrogens with one attached hydrogen (secondary N) is 1. The summed E-state index contributed by atoms with van der Waals surface area (Å²) in [6.45, 7) is 2.69. The van der Waals surface area contributed by atoms with Crippen molar-refractivity contribution in [2.45, 2.75) is 17.3 Å². The number of carbonyl (C=O) groups excluding carboxylic acids is 1. The third-order valence-corrected chi connectivity index (χ3v) is 6.41. The molecular formula is C24H25FN4O3S. The Morgan fingerprint density at radius 3 is 2.45 bits per heavy atom. The number of aromatic nitrogens is 2. The van der Waals surface area contributed by atoms with Gasteiger partial charge in [0.2, 0.25) is 5.91 Å². The lowest BCUT2D eigenvalue weighted by Crippen LogP contribution is -2.49. The number of H-pyrrole nitrogens is 1. The van der Waals surface area contributed by atoms with Crippen molar-refractivity contribution < 1.29 is 13.9 Å². The number of aromatic amines is 1. The summed E-state index contributed by atoms with van der Waals surface area (Å²) in [6.07, 6.45) is 0.0799. The Labute approximate surface area is 195 Å². The topological polar surface area (TPSA) is 78.5 Å². The molecule has 7 nitrogen and oxygen atoms in total. The zero-order valence-electron chi connectivity index (χ0n) is 18.3. The molecule has 33 heavy (non-hydrogen) atoms. The third kappa shape index (κ3) is 6.13. The van der Waals surface area contributed by atoms with E-state index in [1.807, 2.05) is 29.2 Å². The summed E-state index contributed by atoms with van der Waals surface area (Å²) in [7, 11) is 1.64. The van der Waals surface area contributed by atoms with Crippen molar-refractivity contribution >= 4 is 23.4 Å². The number of piperazine rings is 1. The maximum absolute atomic E-state index is 13.1. The SMILES string of the molecule is COc1ccc(N2CCN(C(=O)Cc3cc(=O)[nH]c(SCc4ccc(F)cc4)n3)CC2)cc1. The predicted octanol–water partition coefficient (Wildman–Crippen LogP) is 3.10. The van der Waals surface area contributed by atoms with Crippen LogP contribution in [0.15, 0.2) is 64.5 Å². The zero-order chi connectivity index (χ0) is 23.2. The highest BCUT2D eigenvalue weighted by atomic mass is 32.2. The van der Waals surface area contributed by atoms with Crippen LogP contribution in [0.2, 0.25) is 0 Å². The summed E-state index contributed by atoms with van der Waals surface area (Å²) in [5, 5.41) is 0.443. The zero-order valence-corrected chi connectivity index (χ0v) is 19.1. The van der Waals surface area contributed by atoms with Gasteiger partial charge in [0.05, 0.1) is 19.2 Å². The van der Waals surface area contributed by atoms with E-state index >= 15 is 0 Å². The number of rotatable bonds is 7. The fourth-order valence-electron chi connectivity index (χ4n) is 3.65. The first kappa shape index (κ1) is 22.8. The average Bonchev–Trinajstić information content (AvgIpc) is 2.83. The molecular weight excluding hydrogens is 443 g/mol. The van der Waals surface area contributed by atoms with Crippen molar-refractivity contribution in [3.63, 3.8) is 0 Å². The number of hydrogen-bond acceptors (Lipinski definition) is 6. The lowest BCUT2D eigenvalue weighted by atomic mass is 10.2. The lowest BCUT2D eigenvalue weighted by Gasteiger charge is -2.36. The van der Waals surface area contributed by atoms with Crippen LogP contribution in [0.3, 0.4) is 0 Å². The highest BCUT2D eigenvalue weighted by molar-refractivity contribution is 7.98. The van der Waals surface area contributed by atoms with E-state index in [9.17, 15) is 14.0 Å². The number of benzene rings is 2. The average molecular weight is 469 g/mol. The van der Waals surface area contributed by atoms with Crippen molar-refractivity contribution in [3.05, 3.63) is 82.0 Å². The molecule has 0 bridgehead atoms. The lowest BCUT2D eigenvalue weighted by molar-refractivity contribution is -0.130. The fraction of sp³-hybridized carbons (Fsp3) is 0.292. The molecule has 1 aliphatic heterocycles. The van der Waals surface area contributed by atoms with Crippen LogP contribution >= 0.6 is 11.8 Å². The second-order valence-electron chi connectivity index (χ2n) is 7.70. The molecule has 0 saturated carbocycles. The van der Waals surface area contributed by atoms with Gasteiger partial charge in [0.25, 0.3) is 5.56 Å². The van der Waals surface area contributed by atoms with Crippen LogP contribution in [0.25, 0.3) is 0 Å². The smallest absolute Gasteiger partial charge is 0.251 e. The molecule has 0 radical (unpaired) electrons. The number of methoxy groups -OCH3 is 1. The van der Waals surface area contributed by atoms with E-state index in [0.29, 0.717) is 29.7 Å². The van der Waals surface area contributed by atoms with Crippen molar-refractivity contribution in [1.29, 1.82) is 0 Å². The van der Waals surface area contributed by atoms with Gasteiger partial charge in [0.1, 0.15) is 11.6 Å². The number of carbonyl (C=O) groups is 1. The number of halogens is 1. The first-order chi connectivity index (χ1) is 16.0. The monoisotopic (exact) mass is 468 g/mol. The van der Waals surface area contributed by atoms with Crippen LogP contribution in [0, 0.1) is 5.82 Å². The molecule has 2 heterocycles. The van der Waals surface area contributed by atoms with Crippen LogP contribution in [0.5, 0.6) is 5.75 Å². The Kier molecular flexibility index (Phi) is 7.29. The van der Waals surface area contributed by atoms with Gasteiger partial charge < -0.3 is 19.5 Å². The molecule has 0 spiro atoms. The Balaban J connectivity index is 1.32. The molecule has 1 aromatic heterocycles. The third-order valence-electron chi connectivity index (χ3n) is 5.46. The summed E-state index contributed by atoms with van der Waals surface area (Å²) >= 11 is 1.34. The van der Waals surface area contributed by atoms with E-state index in [4.69, 9.17) is 4.74 Å². The molecule has 2 aromatic carbocycles. The molecule has 4 rings (SSSR count). The van der Waals surface area contributed by atoms with E-state index in [1.54, 1.807) is 19.2 Å². The normalized spacial score (nSPS) is 13.8. The minimum absolute atomic E-state index is 0.0445. The van der Waals surface area contributed by atoms with E-state index in [1.165, 1.54) is 30.0 Å². The van der Waals surface area contributed by atoms with E-state index in [0.717, 1.165) is 30.1 Å². The summed E-state index contributed by atoms with van der Waals surface area (Å²) in [4.78, 5) is 36.1. The summed E-state index contributed by atoms with van der Waals surface area (Å²) in [6, 6.07) is 15.4. The van der Waals surface area contributed by atoms with Gasteiger partial charge in [-0.3, -0.25) is 9.59 Å². The van der Waals surface area contributed by atoms with Crippen LogP contribution in [-0.4, -0.2) is 54.1 Å². The standard InChI is InChI=1S/C24H25FN4O3S/c1-32-21-8-6-20(7-9-21)28-10-12-29(13-11-28)23(31)15-19-14-22(30)27-24(26-19)33-16-17-2-4-18(25)5-3-17/h2-9,14H,10-13,15-16H2,1H3,(H,26,27,30). The van der Waals surface area contributed by atoms with Crippen molar-refractivity contribution in [3.8, 4) is 5.75 Å². The van der Waals surface area contributed by atoms with E-state index in [2.05, 4.69) is 14.9 Å². The molecule has 0 atom stereocenters. The largest absolute Gasteiger partial charge is 0.497 e. The number of amides is 1. The molecule has 1 saturated heterocycles. The summed E-state index contributed by atoms with van der Waals surface area (Å²) in [5.74, 6) is 1.01. The minimum Gasteiger partial charge on any atom is -0.497 e. The number of nitrogens with zero attached hydrogens (tertiary/aromatic N) is 3. The van der Waals surface area contributed by atoms with Gasteiger partial charge in [-0.15, -0.1) is 0 Å². The first-order valence-corrected chi connectivity index (χ1v) is 11.6. The van der Waals surface area contributed by atoms with Crippen LogP contribution in [0.1, 0.15) is 11.3 Å². The van der Waals surface area contributed by atoms with Crippen molar-refractivity contribution in [2.24, 2.45) is 0 Å². The van der Waals surface area contributed by atoms with Gasteiger partial charge in [-0.2, -0.15) is 0 Å². The quantitative estimate of drug-likeness (QED) is 0.424. The van der Waals surface area contributed by atoms with Gasteiger partial charge in [0, 0.05) is 43.7 Å². The van der Waals surface area contributed by atoms with Crippen molar-refractivity contribution in [2.75, 3.05) is 38.2 Å². The second kappa shape index (κ2) is 10.5. The molecule has 0 unspecified atom stereocenters.